The molecule has 0 radical (unpaired) electrons. The molecule has 5 heteroatoms. The number of carbonyl (C=O) groups is 1. The van der Waals surface area contributed by atoms with E-state index in [2.05, 4.69) is 29.2 Å². The molecule has 1 aliphatic carbocycles. The molecule has 0 spiro atoms. The molecule has 0 aromatic carbocycles. The number of rotatable bonds is 2. The van der Waals surface area contributed by atoms with Crippen molar-refractivity contribution in [2.75, 3.05) is 6.54 Å². The van der Waals surface area contributed by atoms with E-state index in [1.165, 1.54) is 36.9 Å². The van der Waals surface area contributed by atoms with Crippen LogP contribution in [-0.4, -0.2) is 39.2 Å². The second-order valence-electron chi connectivity index (χ2n) is 8.00. The van der Waals surface area contributed by atoms with Crippen LogP contribution in [0.25, 0.3) is 0 Å². The molecule has 4 rings (SSSR count). The lowest BCUT2D eigenvalue weighted by Crippen LogP contribution is -2.45. The molecule has 4 unspecified atom stereocenters. The molecule has 132 valence electrons. The van der Waals surface area contributed by atoms with Gasteiger partial charge in [-0.05, 0) is 51.9 Å². The van der Waals surface area contributed by atoms with E-state index in [0.717, 1.165) is 37.4 Å². The van der Waals surface area contributed by atoms with Crippen LogP contribution in [0.4, 0.5) is 0 Å². The first-order valence-electron chi connectivity index (χ1n) is 9.63. The first-order chi connectivity index (χ1) is 11.6. The zero-order valence-corrected chi connectivity index (χ0v) is 15.2. The summed E-state index contributed by atoms with van der Waals surface area (Å²) >= 11 is 0. The van der Waals surface area contributed by atoms with Gasteiger partial charge in [-0.1, -0.05) is 12.8 Å². The fourth-order valence-electron chi connectivity index (χ4n) is 5.31. The average molecular weight is 330 g/mol. The molecule has 1 aromatic rings. The van der Waals surface area contributed by atoms with E-state index in [1.807, 2.05) is 11.7 Å². The van der Waals surface area contributed by atoms with Gasteiger partial charge in [-0.15, -0.1) is 0 Å². The van der Waals surface area contributed by atoms with E-state index in [1.54, 1.807) is 0 Å². The Bertz CT molecular complexity index is 624. The van der Waals surface area contributed by atoms with Crippen molar-refractivity contribution in [2.45, 2.75) is 76.9 Å². The second-order valence-corrected chi connectivity index (χ2v) is 8.00. The van der Waals surface area contributed by atoms with Crippen LogP contribution in [0.3, 0.4) is 0 Å². The number of nitrogens with zero attached hydrogens (tertiary/aromatic N) is 3. The third-order valence-electron chi connectivity index (χ3n) is 6.59. The molecule has 24 heavy (non-hydrogen) atoms. The SMILES string of the molecule is Cc1nn(C)c(C)c1C1CCCN1C(=O)C1CC2CCCCC2N1. The first kappa shape index (κ1) is 16.1. The fourth-order valence-corrected chi connectivity index (χ4v) is 5.31. The molecule has 5 nitrogen and oxygen atoms in total. The van der Waals surface area contributed by atoms with Crippen molar-refractivity contribution in [3.63, 3.8) is 0 Å². The lowest BCUT2D eigenvalue weighted by atomic mass is 9.85. The maximum atomic E-state index is 13.2. The van der Waals surface area contributed by atoms with Crippen LogP contribution in [0.5, 0.6) is 0 Å². The molecule has 1 saturated carbocycles. The quantitative estimate of drug-likeness (QED) is 0.907. The summed E-state index contributed by atoms with van der Waals surface area (Å²) in [5, 5.41) is 8.23. The van der Waals surface area contributed by atoms with Crippen LogP contribution < -0.4 is 5.32 Å². The maximum absolute atomic E-state index is 13.2. The van der Waals surface area contributed by atoms with Crippen molar-refractivity contribution in [1.29, 1.82) is 0 Å². The van der Waals surface area contributed by atoms with E-state index >= 15 is 0 Å². The Morgan fingerprint density at radius 1 is 1.17 bits per heavy atom. The number of fused-ring (bicyclic) bond motifs is 1. The van der Waals surface area contributed by atoms with Gasteiger partial charge in [0.2, 0.25) is 5.91 Å². The standard InChI is InChI=1S/C19H30N4O/c1-12-18(13(2)22(3)21-12)17-9-6-10-23(17)19(24)16-11-14-7-4-5-8-15(14)20-16/h14-17,20H,4-11H2,1-3H3. The summed E-state index contributed by atoms with van der Waals surface area (Å²) in [4.78, 5) is 15.4. The number of hydrogen-bond acceptors (Lipinski definition) is 3. The van der Waals surface area contributed by atoms with Gasteiger partial charge in [0.1, 0.15) is 0 Å². The Balaban J connectivity index is 1.53. The van der Waals surface area contributed by atoms with Gasteiger partial charge in [-0.3, -0.25) is 9.48 Å². The van der Waals surface area contributed by atoms with Gasteiger partial charge >= 0.3 is 0 Å². The van der Waals surface area contributed by atoms with Crippen LogP contribution in [0.15, 0.2) is 0 Å². The van der Waals surface area contributed by atoms with Crippen molar-refractivity contribution in [3.8, 4) is 0 Å². The number of nitrogens with one attached hydrogen (secondary N) is 1. The van der Waals surface area contributed by atoms with Crippen molar-refractivity contribution < 1.29 is 4.79 Å². The molecule has 3 fully saturated rings. The average Bonchev–Trinajstić information content (AvgIpc) is 3.25. The molecule has 0 bridgehead atoms. The molecule has 1 N–H and O–H groups in total. The number of carbonyl (C=O) groups excluding carboxylic acids is 1. The van der Waals surface area contributed by atoms with Gasteiger partial charge < -0.3 is 10.2 Å². The third-order valence-corrected chi connectivity index (χ3v) is 6.59. The normalized spacial score (nSPS) is 33.0. The Hall–Kier alpha value is -1.36. The van der Waals surface area contributed by atoms with Gasteiger partial charge in [0.05, 0.1) is 17.8 Å². The van der Waals surface area contributed by atoms with E-state index in [-0.39, 0.29) is 12.1 Å². The van der Waals surface area contributed by atoms with Crippen LogP contribution in [0.1, 0.15) is 67.9 Å². The summed E-state index contributed by atoms with van der Waals surface area (Å²) in [5.41, 5.74) is 3.55. The zero-order chi connectivity index (χ0) is 16.8. The van der Waals surface area contributed by atoms with E-state index in [0.29, 0.717) is 11.9 Å². The van der Waals surface area contributed by atoms with Gasteiger partial charge in [0.15, 0.2) is 0 Å². The van der Waals surface area contributed by atoms with Crippen molar-refractivity contribution in [3.05, 3.63) is 17.0 Å². The molecule has 3 heterocycles. The predicted octanol–water partition coefficient (Wildman–Crippen LogP) is 2.62. The number of aromatic nitrogens is 2. The Labute approximate surface area is 144 Å². The first-order valence-corrected chi connectivity index (χ1v) is 9.63. The Morgan fingerprint density at radius 3 is 2.67 bits per heavy atom. The Morgan fingerprint density at radius 2 is 1.96 bits per heavy atom. The highest BCUT2D eigenvalue weighted by Gasteiger charge is 2.42. The third kappa shape index (κ3) is 2.57. The Kier molecular flexibility index (Phi) is 4.15. The molecule has 1 amide bonds. The van der Waals surface area contributed by atoms with Gasteiger partial charge in [-0.25, -0.2) is 0 Å². The summed E-state index contributed by atoms with van der Waals surface area (Å²) in [7, 11) is 2.00. The maximum Gasteiger partial charge on any atom is 0.240 e. The molecule has 2 aliphatic heterocycles. The second kappa shape index (κ2) is 6.17. The lowest BCUT2D eigenvalue weighted by Gasteiger charge is -2.28. The fraction of sp³-hybridized carbons (Fsp3) is 0.789. The minimum Gasteiger partial charge on any atom is -0.334 e. The zero-order valence-electron chi connectivity index (χ0n) is 15.2. The lowest BCUT2D eigenvalue weighted by molar-refractivity contribution is -0.134. The minimum atomic E-state index is 0.0379. The van der Waals surface area contributed by atoms with E-state index in [9.17, 15) is 4.79 Å². The van der Waals surface area contributed by atoms with Crippen molar-refractivity contribution in [2.24, 2.45) is 13.0 Å². The molecule has 1 aromatic heterocycles. The predicted molar refractivity (Wildman–Crippen MR) is 93.7 cm³/mol. The molecule has 4 atom stereocenters. The van der Waals surface area contributed by atoms with Gasteiger partial charge in [0, 0.05) is 30.9 Å². The molecule has 2 saturated heterocycles. The van der Waals surface area contributed by atoms with Crippen LogP contribution in [0.2, 0.25) is 0 Å². The highest BCUT2D eigenvalue weighted by atomic mass is 16.2. The monoisotopic (exact) mass is 330 g/mol. The number of hydrogen-bond donors (Lipinski definition) is 1. The molecular weight excluding hydrogens is 300 g/mol. The summed E-state index contributed by atoms with van der Waals surface area (Å²) in [6.45, 7) is 5.09. The van der Waals surface area contributed by atoms with Crippen LogP contribution in [-0.2, 0) is 11.8 Å². The minimum absolute atomic E-state index is 0.0379. The van der Waals surface area contributed by atoms with E-state index < -0.39 is 0 Å². The van der Waals surface area contributed by atoms with Crippen molar-refractivity contribution in [1.82, 2.24) is 20.0 Å². The van der Waals surface area contributed by atoms with Gasteiger partial charge in [0.25, 0.3) is 0 Å². The summed E-state index contributed by atoms with van der Waals surface area (Å²) in [6, 6.07) is 0.835. The topological polar surface area (TPSA) is 50.2 Å². The summed E-state index contributed by atoms with van der Waals surface area (Å²) in [5.74, 6) is 1.05. The highest BCUT2D eigenvalue weighted by molar-refractivity contribution is 5.83. The largest absolute Gasteiger partial charge is 0.334 e. The summed E-state index contributed by atoms with van der Waals surface area (Å²) in [6.07, 6.45) is 8.41. The smallest absolute Gasteiger partial charge is 0.240 e. The number of amides is 1. The van der Waals surface area contributed by atoms with Crippen LogP contribution >= 0.6 is 0 Å². The number of likely N-dealkylation sites (tertiary alicyclic amines) is 1. The van der Waals surface area contributed by atoms with Crippen molar-refractivity contribution >= 4 is 5.91 Å². The molecule has 3 aliphatic rings. The van der Waals surface area contributed by atoms with Gasteiger partial charge in [-0.2, -0.15) is 5.10 Å². The van der Waals surface area contributed by atoms with E-state index in [4.69, 9.17) is 0 Å². The summed E-state index contributed by atoms with van der Waals surface area (Å²) < 4.78 is 1.95. The highest BCUT2D eigenvalue weighted by Crippen LogP contribution is 2.38. The molecular formula is C19H30N4O. The number of aryl methyl sites for hydroxylation is 2. The van der Waals surface area contributed by atoms with Crippen LogP contribution in [0, 0.1) is 19.8 Å².